The summed E-state index contributed by atoms with van der Waals surface area (Å²) in [5, 5.41) is 8.94. The average molecular weight is 302 g/mol. The van der Waals surface area contributed by atoms with Crippen molar-refractivity contribution < 1.29 is 19.1 Å². The predicted octanol–water partition coefficient (Wildman–Crippen LogP) is 1.98. The molecule has 1 aromatic heterocycles. The highest BCUT2D eigenvalue weighted by Gasteiger charge is 2.29. The van der Waals surface area contributed by atoms with Crippen molar-refractivity contribution in [1.29, 1.82) is 0 Å². The Kier molecular flexibility index (Phi) is 3.51. The van der Waals surface area contributed by atoms with Crippen molar-refractivity contribution in [2.45, 2.75) is 12.8 Å². The van der Waals surface area contributed by atoms with Gasteiger partial charge >= 0.3 is 5.97 Å². The molecule has 92 valence electrons. The molecule has 1 aromatic rings. The first-order valence-corrected chi connectivity index (χ1v) is 6.14. The van der Waals surface area contributed by atoms with Crippen LogP contribution < -0.4 is 0 Å². The van der Waals surface area contributed by atoms with Gasteiger partial charge in [0.25, 0.3) is 5.91 Å². The maximum absolute atomic E-state index is 12.0. The fraction of sp³-hybridized carbons (Fsp3) is 0.455. The number of hydrogen-bond acceptors (Lipinski definition) is 3. The summed E-state index contributed by atoms with van der Waals surface area (Å²) >= 11 is 3.13. The van der Waals surface area contributed by atoms with E-state index in [0.717, 1.165) is 0 Å². The minimum Gasteiger partial charge on any atom is -0.481 e. The van der Waals surface area contributed by atoms with E-state index in [4.69, 9.17) is 9.52 Å². The van der Waals surface area contributed by atoms with Gasteiger partial charge in [0.05, 0.1) is 5.92 Å². The Balaban J connectivity index is 2.07. The normalized spacial score (nSPS) is 20.3. The summed E-state index contributed by atoms with van der Waals surface area (Å²) in [5.41, 5.74) is 0. The lowest BCUT2D eigenvalue weighted by Gasteiger charge is -2.29. The van der Waals surface area contributed by atoms with Gasteiger partial charge in [-0.3, -0.25) is 9.59 Å². The molecule has 17 heavy (non-hydrogen) atoms. The smallest absolute Gasteiger partial charge is 0.308 e. The maximum atomic E-state index is 12.0. The Morgan fingerprint density at radius 2 is 2.24 bits per heavy atom. The van der Waals surface area contributed by atoms with Crippen LogP contribution in [0.5, 0.6) is 0 Å². The Labute approximate surface area is 107 Å². The molecular weight excluding hydrogens is 290 g/mol. The van der Waals surface area contributed by atoms with Crippen LogP contribution in [0.3, 0.4) is 0 Å². The average Bonchev–Trinajstić information content (AvgIpc) is 2.75. The third-order valence-electron chi connectivity index (χ3n) is 2.84. The van der Waals surface area contributed by atoms with Gasteiger partial charge in [0, 0.05) is 13.1 Å². The summed E-state index contributed by atoms with van der Waals surface area (Å²) < 4.78 is 5.67. The summed E-state index contributed by atoms with van der Waals surface area (Å²) in [7, 11) is 0. The van der Waals surface area contributed by atoms with Crippen molar-refractivity contribution in [3.8, 4) is 0 Å². The monoisotopic (exact) mass is 301 g/mol. The second-order valence-electron chi connectivity index (χ2n) is 4.03. The Morgan fingerprint density at radius 3 is 2.82 bits per heavy atom. The van der Waals surface area contributed by atoms with Gasteiger partial charge in [0.2, 0.25) is 0 Å². The van der Waals surface area contributed by atoms with E-state index < -0.39 is 11.9 Å². The zero-order valence-electron chi connectivity index (χ0n) is 9.06. The first-order valence-electron chi connectivity index (χ1n) is 5.35. The summed E-state index contributed by atoms with van der Waals surface area (Å²) in [6, 6.07) is 3.22. The maximum Gasteiger partial charge on any atom is 0.308 e. The van der Waals surface area contributed by atoms with Gasteiger partial charge in [-0.05, 0) is 40.9 Å². The fourth-order valence-corrected chi connectivity index (χ4v) is 2.25. The van der Waals surface area contributed by atoms with Crippen LogP contribution in [0.2, 0.25) is 0 Å². The van der Waals surface area contributed by atoms with Gasteiger partial charge in [-0.15, -0.1) is 0 Å². The molecule has 0 saturated carbocycles. The zero-order valence-corrected chi connectivity index (χ0v) is 10.6. The van der Waals surface area contributed by atoms with Crippen LogP contribution in [-0.4, -0.2) is 35.0 Å². The van der Waals surface area contributed by atoms with E-state index in [9.17, 15) is 9.59 Å². The molecule has 1 fully saturated rings. The van der Waals surface area contributed by atoms with Gasteiger partial charge in [-0.2, -0.15) is 0 Å². The molecular formula is C11H12BrNO4. The van der Waals surface area contributed by atoms with E-state index in [0.29, 0.717) is 24.1 Å². The molecule has 1 atom stereocenters. The second kappa shape index (κ2) is 4.91. The van der Waals surface area contributed by atoms with E-state index in [1.54, 1.807) is 12.1 Å². The van der Waals surface area contributed by atoms with E-state index in [1.807, 2.05) is 0 Å². The number of nitrogens with zero attached hydrogens (tertiary/aromatic N) is 1. The van der Waals surface area contributed by atoms with E-state index in [2.05, 4.69) is 15.9 Å². The van der Waals surface area contributed by atoms with Gasteiger partial charge < -0.3 is 14.4 Å². The number of amides is 1. The number of furan rings is 1. The highest BCUT2D eigenvalue weighted by Crippen LogP contribution is 2.21. The van der Waals surface area contributed by atoms with Gasteiger partial charge in [-0.1, -0.05) is 0 Å². The first-order chi connectivity index (χ1) is 8.08. The van der Waals surface area contributed by atoms with Crippen molar-refractivity contribution in [2.75, 3.05) is 13.1 Å². The Morgan fingerprint density at radius 1 is 1.47 bits per heavy atom. The number of carboxylic acid groups (broad SMARTS) is 1. The second-order valence-corrected chi connectivity index (χ2v) is 4.81. The molecule has 0 radical (unpaired) electrons. The number of carboxylic acids is 1. The van der Waals surface area contributed by atoms with Crippen LogP contribution in [0.1, 0.15) is 23.4 Å². The highest BCUT2D eigenvalue weighted by molar-refractivity contribution is 9.10. The highest BCUT2D eigenvalue weighted by atomic mass is 79.9. The first kappa shape index (κ1) is 12.2. The molecule has 1 N–H and O–H groups in total. The van der Waals surface area contributed by atoms with Crippen LogP contribution in [0, 0.1) is 5.92 Å². The fourth-order valence-electron chi connectivity index (χ4n) is 1.95. The number of halogens is 1. The molecule has 1 aliphatic rings. The molecule has 2 rings (SSSR count). The van der Waals surface area contributed by atoms with Gasteiger partial charge in [0.1, 0.15) is 0 Å². The van der Waals surface area contributed by atoms with Crippen molar-refractivity contribution in [2.24, 2.45) is 5.92 Å². The molecule has 2 heterocycles. The molecule has 1 aliphatic heterocycles. The van der Waals surface area contributed by atoms with Gasteiger partial charge in [-0.25, -0.2) is 0 Å². The van der Waals surface area contributed by atoms with Crippen LogP contribution in [0.4, 0.5) is 0 Å². The molecule has 0 bridgehead atoms. The van der Waals surface area contributed by atoms with E-state index in [-0.39, 0.29) is 18.2 Å². The number of likely N-dealkylation sites (tertiary alicyclic amines) is 1. The van der Waals surface area contributed by atoms with Crippen LogP contribution >= 0.6 is 15.9 Å². The molecule has 0 unspecified atom stereocenters. The molecule has 0 aliphatic carbocycles. The molecule has 5 nitrogen and oxygen atoms in total. The zero-order chi connectivity index (χ0) is 12.4. The van der Waals surface area contributed by atoms with E-state index >= 15 is 0 Å². The number of carbonyl (C=O) groups is 2. The summed E-state index contributed by atoms with van der Waals surface area (Å²) in [5.74, 6) is -1.32. The van der Waals surface area contributed by atoms with Crippen molar-refractivity contribution in [1.82, 2.24) is 4.90 Å². The Hall–Kier alpha value is -1.30. The lowest BCUT2D eigenvalue weighted by Crippen LogP contribution is -2.42. The third kappa shape index (κ3) is 2.69. The minimum atomic E-state index is -0.844. The molecule has 0 spiro atoms. The number of rotatable bonds is 2. The van der Waals surface area contributed by atoms with Crippen molar-refractivity contribution in [3.05, 3.63) is 22.6 Å². The van der Waals surface area contributed by atoms with Gasteiger partial charge in [0.15, 0.2) is 10.4 Å². The van der Waals surface area contributed by atoms with Crippen LogP contribution in [0.15, 0.2) is 21.2 Å². The summed E-state index contributed by atoms with van der Waals surface area (Å²) in [6.07, 6.45) is 1.34. The predicted molar refractivity (Wildman–Crippen MR) is 62.7 cm³/mol. The lowest BCUT2D eigenvalue weighted by molar-refractivity contribution is -0.143. The Bertz CT molecular complexity index is 442. The van der Waals surface area contributed by atoms with Crippen molar-refractivity contribution in [3.63, 3.8) is 0 Å². The summed E-state index contributed by atoms with van der Waals surface area (Å²) in [6.45, 7) is 0.841. The largest absolute Gasteiger partial charge is 0.481 e. The standard InChI is InChI=1S/C11H12BrNO4/c12-9-4-3-8(17-9)10(14)13-5-1-2-7(6-13)11(15)16/h3-4,7H,1-2,5-6H2,(H,15,16)/t7-/m0/s1. The SMILES string of the molecule is O=C(O)[C@H]1CCCN(C(=O)c2ccc(Br)o2)C1. The lowest BCUT2D eigenvalue weighted by atomic mass is 9.98. The van der Waals surface area contributed by atoms with E-state index in [1.165, 1.54) is 4.90 Å². The molecule has 0 aromatic carbocycles. The van der Waals surface area contributed by atoms with Crippen LogP contribution in [-0.2, 0) is 4.79 Å². The number of hydrogen-bond donors (Lipinski definition) is 1. The number of aliphatic carboxylic acids is 1. The minimum absolute atomic E-state index is 0.239. The molecule has 1 saturated heterocycles. The topological polar surface area (TPSA) is 70.8 Å². The summed E-state index contributed by atoms with van der Waals surface area (Å²) in [4.78, 5) is 24.4. The number of piperidine rings is 1. The van der Waals surface area contributed by atoms with Crippen molar-refractivity contribution >= 4 is 27.8 Å². The van der Waals surface area contributed by atoms with Crippen LogP contribution in [0.25, 0.3) is 0 Å². The molecule has 1 amide bonds. The molecule has 6 heteroatoms. The quantitative estimate of drug-likeness (QED) is 0.907. The third-order valence-corrected chi connectivity index (χ3v) is 3.27. The number of carbonyl (C=O) groups excluding carboxylic acids is 1.